The van der Waals surface area contributed by atoms with Gasteiger partial charge in [-0.25, -0.2) is 0 Å². The number of carbonyl (C=O) groups excluding carboxylic acids is 2. The normalized spacial score (nSPS) is 16.9. The number of nitrogens with zero attached hydrogens (tertiary/aromatic N) is 2. The third-order valence-corrected chi connectivity index (χ3v) is 7.76. The Balaban J connectivity index is 1.30. The second kappa shape index (κ2) is 11.3. The third kappa shape index (κ3) is 5.84. The van der Waals surface area contributed by atoms with Crippen LogP contribution in [0.2, 0.25) is 5.02 Å². The zero-order valence-corrected chi connectivity index (χ0v) is 21.5. The minimum absolute atomic E-state index is 0.0533. The van der Waals surface area contributed by atoms with Crippen LogP contribution >= 0.6 is 23.4 Å². The van der Waals surface area contributed by atoms with Crippen LogP contribution in [0.4, 0.5) is 5.69 Å². The van der Waals surface area contributed by atoms with E-state index < -0.39 is 0 Å². The van der Waals surface area contributed by atoms with Gasteiger partial charge in [-0.15, -0.1) is 0 Å². The van der Waals surface area contributed by atoms with E-state index in [-0.39, 0.29) is 11.8 Å². The van der Waals surface area contributed by atoms with Gasteiger partial charge in [0.2, 0.25) is 0 Å². The molecule has 184 valence electrons. The Hall–Kier alpha value is -3.06. The molecular weight excluding hydrogens is 490 g/mol. The molecule has 0 aliphatic carbocycles. The van der Waals surface area contributed by atoms with Crippen LogP contribution < -0.4 is 10.2 Å². The first-order chi connectivity index (χ1) is 17.6. The van der Waals surface area contributed by atoms with E-state index in [0.717, 1.165) is 41.3 Å². The molecule has 0 saturated carbocycles. The van der Waals surface area contributed by atoms with Gasteiger partial charge in [-0.05, 0) is 79.5 Å². The van der Waals surface area contributed by atoms with Crippen molar-refractivity contribution in [3.63, 3.8) is 0 Å². The second-order valence-corrected chi connectivity index (χ2v) is 10.5. The summed E-state index contributed by atoms with van der Waals surface area (Å²) in [6.45, 7) is 4.22. The fourth-order valence-electron chi connectivity index (χ4n) is 4.55. The highest BCUT2D eigenvalue weighted by atomic mass is 35.5. The van der Waals surface area contributed by atoms with Gasteiger partial charge in [0.1, 0.15) is 0 Å². The van der Waals surface area contributed by atoms with Gasteiger partial charge in [0, 0.05) is 28.6 Å². The Bertz CT molecular complexity index is 1290. The number of anilines is 1. The van der Waals surface area contributed by atoms with Crippen molar-refractivity contribution in [3.8, 4) is 0 Å². The zero-order valence-electron chi connectivity index (χ0n) is 20.0. The molecule has 0 spiro atoms. The molecule has 3 aromatic carbocycles. The van der Waals surface area contributed by atoms with Crippen LogP contribution in [0, 0.1) is 0 Å². The van der Waals surface area contributed by atoms with Crippen molar-refractivity contribution in [1.82, 2.24) is 10.2 Å². The highest BCUT2D eigenvalue weighted by molar-refractivity contribution is 8.04. The number of para-hydroxylation sites is 1. The lowest BCUT2D eigenvalue weighted by Gasteiger charge is -2.30. The maximum absolute atomic E-state index is 13.5. The summed E-state index contributed by atoms with van der Waals surface area (Å²) < 4.78 is 0. The summed E-state index contributed by atoms with van der Waals surface area (Å²) in [5.74, 6) is -0.124. The van der Waals surface area contributed by atoms with E-state index in [0.29, 0.717) is 28.6 Å². The number of hydrogen-bond acceptors (Lipinski definition) is 4. The van der Waals surface area contributed by atoms with Crippen molar-refractivity contribution in [2.24, 2.45) is 0 Å². The number of halogens is 1. The molecule has 7 heteroatoms. The molecule has 0 atom stereocenters. The van der Waals surface area contributed by atoms with E-state index in [2.05, 4.69) is 10.2 Å². The first-order valence-corrected chi connectivity index (χ1v) is 13.4. The second-order valence-electron chi connectivity index (χ2n) is 9.03. The number of benzene rings is 3. The van der Waals surface area contributed by atoms with Crippen molar-refractivity contribution in [3.05, 3.63) is 99.4 Å². The van der Waals surface area contributed by atoms with Gasteiger partial charge in [-0.1, -0.05) is 59.8 Å². The Morgan fingerprint density at radius 1 is 1.00 bits per heavy atom. The number of fused-ring (bicyclic) bond motifs is 1. The van der Waals surface area contributed by atoms with Crippen molar-refractivity contribution in [1.29, 1.82) is 0 Å². The monoisotopic (exact) mass is 517 g/mol. The van der Waals surface area contributed by atoms with Gasteiger partial charge in [-0.3, -0.25) is 9.59 Å². The van der Waals surface area contributed by atoms with E-state index >= 15 is 0 Å². The summed E-state index contributed by atoms with van der Waals surface area (Å²) in [6.07, 6.45) is 4.38. The molecule has 0 bridgehead atoms. The molecule has 5 nitrogen and oxygen atoms in total. The summed E-state index contributed by atoms with van der Waals surface area (Å²) in [7, 11) is 0. The van der Waals surface area contributed by atoms with Crippen LogP contribution in [0.25, 0.3) is 6.08 Å². The first-order valence-electron chi connectivity index (χ1n) is 12.2. The predicted octanol–water partition coefficient (Wildman–Crippen LogP) is 5.85. The Morgan fingerprint density at radius 2 is 1.78 bits per heavy atom. The molecule has 36 heavy (non-hydrogen) atoms. The largest absolute Gasteiger partial charge is 0.351 e. The smallest absolute Gasteiger partial charge is 0.265 e. The van der Waals surface area contributed by atoms with Crippen LogP contribution in [0.15, 0.2) is 82.6 Å². The van der Waals surface area contributed by atoms with Gasteiger partial charge in [0.15, 0.2) is 0 Å². The Morgan fingerprint density at radius 3 is 2.56 bits per heavy atom. The molecule has 3 aromatic rings. The van der Waals surface area contributed by atoms with Gasteiger partial charge in [-0.2, -0.15) is 0 Å². The molecule has 1 N–H and O–H groups in total. The predicted molar refractivity (Wildman–Crippen MR) is 147 cm³/mol. The fraction of sp³-hybridized carbons (Fsp3) is 0.241. The molecule has 2 heterocycles. The van der Waals surface area contributed by atoms with Crippen molar-refractivity contribution in [2.45, 2.75) is 24.3 Å². The molecule has 1 fully saturated rings. The zero-order chi connectivity index (χ0) is 24.9. The van der Waals surface area contributed by atoms with Crippen LogP contribution in [-0.2, 0) is 11.3 Å². The van der Waals surface area contributed by atoms with Gasteiger partial charge in [0.25, 0.3) is 11.8 Å². The van der Waals surface area contributed by atoms with Gasteiger partial charge < -0.3 is 15.1 Å². The topological polar surface area (TPSA) is 52.7 Å². The maximum Gasteiger partial charge on any atom is 0.265 e. The average molecular weight is 518 g/mol. The molecule has 0 radical (unpaired) electrons. The Labute approximate surface area is 221 Å². The summed E-state index contributed by atoms with van der Waals surface area (Å²) in [6, 6.07) is 22.9. The molecular formula is C29H28ClN3O2S. The average Bonchev–Trinajstić information content (AvgIpc) is 3.40. The SMILES string of the molecule is O=C(NCCN1CCCC1)c1ccc(C=C2Sc3ccccc3N(Cc3cccc(Cl)c3)C2=O)cc1. The summed E-state index contributed by atoms with van der Waals surface area (Å²) >= 11 is 7.65. The molecule has 2 aliphatic heterocycles. The number of likely N-dealkylation sites (tertiary alicyclic amines) is 1. The van der Waals surface area contributed by atoms with E-state index in [1.807, 2.05) is 78.9 Å². The van der Waals surface area contributed by atoms with Crippen LogP contribution in [0.5, 0.6) is 0 Å². The number of thioether (sulfide) groups is 1. The highest BCUT2D eigenvalue weighted by Crippen LogP contribution is 2.42. The van der Waals surface area contributed by atoms with Gasteiger partial charge in [0.05, 0.1) is 17.1 Å². The lowest BCUT2D eigenvalue weighted by atomic mass is 10.1. The third-order valence-electron chi connectivity index (χ3n) is 6.44. The summed E-state index contributed by atoms with van der Waals surface area (Å²) in [4.78, 5) is 31.9. The fourth-order valence-corrected chi connectivity index (χ4v) is 5.83. The van der Waals surface area contributed by atoms with Crippen molar-refractivity contribution < 1.29 is 9.59 Å². The number of rotatable bonds is 7. The van der Waals surface area contributed by atoms with E-state index in [4.69, 9.17) is 11.6 Å². The molecule has 2 aliphatic rings. The number of nitrogens with one attached hydrogen (secondary N) is 1. The van der Waals surface area contributed by atoms with E-state index in [1.165, 1.54) is 24.6 Å². The Kier molecular flexibility index (Phi) is 7.75. The minimum atomic E-state index is -0.0712. The van der Waals surface area contributed by atoms with Crippen LogP contribution in [0.3, 0.4) is 0 Å². The quantitative estimate of drug-likeness (QED) is 0.400. The lowest BCUT2D eigenvalue weighted by Crippen LogP contribution is -2.33. The maximum atomic E-state index is 13.5. The van der Waals surface area contributed by atoms with Crippen molar-refractivity contribution >= 4 is 46.9 Å². The standard InChI is InChI=1S/C29H28ClN3O2S/c30-24-7-5-6-22(18-24)20-33-25-8-1-2-9-26(25)36-27(29(33)35)19-21-10-12-23(13-11-21)28(34)31-14-17-32-15-3-4-16-32/h1-2,5-13,18-19H,3-4,14-17,20H2,(H,31,34). The van der Waals surface area contributed by atoms with Crippen LogP contribution in [-0.4, -0.2) is 42.9 Å². The number of hydrogen-bond donors (Lipinski definition) is 1. The van der Waals surface area contributed by atoms with Crippen molar-refractivity contribution in [2.75, 3.05) is 31.1 Å². The summed E-state index contributed by atoms with van der Waals surface area (Å²) in [5, 5.41) is 3.66. The van der Waals surface area contributed by atoms with Gasteiger partial charge >= 0.3 is 0 Å². The lowest BCUT2D eigenvalue weighted by molar-refractivity contribution is -0.114. The first kappa shape index (κ1) is 24.6. The minimum Gasteiger partial charge on any atom is -0.351 e. The number of amides is 2. The molecule has 0 aromatic heterocycles. The van der Waals surface area contributed by atoms with Crippen LogP contribution in [0.1, 0.15) is 34.3 Å². The highest BCUT2D eigenvalue weighted by Gasteiger charge is 2.29. The summed E-state index contributed by atoms with van der Waals surface area (Å²) in [5.41, 5.74) is 3.36. The van der Waals surface area contributed by atoms with E-state index in [9.17, 15) is 9.59 Å². The number of carbonyl (C=O) groups is 2. The molecule has 0 unspecified atom stereocenters. The molecule has 1 saturated heterocycles. The molecule has 5 rings (SSSR count). The van der Waals surface area contributed by atoms with E-state index in [1.54, 1.807) is 4.90 Å². The molecule has 2 amide bonds.